The maximum absolute atomic E-state index is 6.10. The molecule has 0 unspecified atom stereocenters. The Kier molecular flexibility index (Phi) is 4.19. The summed E-state index contributed by atoms with van der Waals surface area (Å²) in [5.41, 5.74) is 8.21. The van der Waals surface area contributed by atoms with Crippen LogP contribution in [-0.4, -0.2) is 13.2 Å². The third-order valence-corrected chi connectivity index (χ3v) is 5.10. The first kappa shape index (κ1) is 14.4. The topological polar surface area (TPSA) is 35.2 Å². The normalized spacial score (nSPS) is 19.8. The van der Waals surface area contributed by atoms with Gasteiger partial charge in [0.25, 0.3) is 0 Å². The number of benzene rings is 1. The molecule has 1 aromatic carbocycles. The zero-order valence-electron chi connectivity index (χ0n) is 12.5. The molecule has 1 fully saturated rings. The van der Waals surface area contributed by atoms with Crippen LogP contribution in [0.1, 0.15) is 52.0 Å². The predicted octanol–water partition coefficient (Wildman–Crippen LogP) is 3.88. The average Bonchev–Trinajstić information content (AvgIpc) is 2.41. The molecule has 0 aromatic heterocycles. The molecule has 1 saturated carbocycles. The molecule has 2 rings (SSSR count). The Labute approximate surface area is 117 Å². The van der Waals surface area contributed by atoms with Gasteiger partial charge in [-0.1, -0.05) is 38.8 Å². The maximum Gasteiger partial charge on any atom is 0.119 e. The van der Waals surface area contributed by atoms with Gasteiger partial charge in [0.2, 0.25) is 0 Å². The van der Waals surface area contributed by atoms with Crippen molar-refractivity contribution in [1.82, 2.24) is 0 Å². The van der Waals surface area contributed by atoms with Gasteiger partial charge in [0.05, 0.1) is 6.61 Å². The minimum atomic E-state index is 0.205. The van der Waals surface area contributed by atoms with Gasteiger partial charge in [-0.05, 0) is 42.9 Å². The van der Waals surface area contributed by atoms with E-state index in [0.717, 1.165) is 18.9 Å². The summed E-state index contributed by atoms with van der Waals surface area (Å²) in [5.74, 6) is 0.954. The fourth-order valence-corrected chi connectivity index (χ4v) is 3.67. The minimum absolute atomic E-state index is 0.205. The van der Waals surface area contributed by atoms with Gasteiger partial charge in [-0.25, -0.2) is 0 Å². The Morgan fingerprint density at radius 1 is 1.05 bits per heavy atom. The van der Waals surface area contributed by atoms with Crippen LogP contribution < -0.4 is 10.5 Å². The Morgan fingerprint density at radius 3 is 2.05 bits per heavy atom. The van der Waals surface area contributed by atoms with Gasteiger partial charge in [0, 0.05) is 12.0 Å². The van der Waals surface area contributed by atoms with Crippen molar-refractivity contribution in [2.24, 2.45) is 11.1 Å². The van der Waals surface area contributed by atoms with E-state index in [1.54, 1.807) is 0 Å². The lowest BCUT2D eigenvalue weighted by Crippen LogP contribution is -2.53. The molecule has 0 atom stereocenters. The molecule has 0 amide bonds. The molecule has 2 heteroatoms. The van der Waals surface area contributed by atoms with Crippen LogP contribution in [-0.2, 0) is 5.41 Å². The molecule has 19 heavy (non-hydrogen) atoms. The van der Waals surface area contributed by atoms with Crippen LogP contribution in [0.3, 0.4) is 0 Å². The van der Waals surface area contributed by atoms with Gasteiger partial charge in [-0.2, -0.15) is 0 Å². The van der Waals surface area contributed by atoms with E-state index in [-0.39, 0.29) is 5.41 Å². The summed E-state index contributed by atoms with van der Waals surface area (Å²) in [7, 11) is 0. The molecular weight excluding hydrogens is 234 g/mol. The van der Waals surface area contributed by atoms with Crippen molar-refractivity contribution in [3.05, 3.63) is 29.8 Å². The second kappa shape index (κ2) is 5.54. The first-order valence-electron chi connectivity index (χ1n) is 7.57. The first-order chi connectivity index (χ1) is 9.13. The molecule has 0 spiro atoms. The molecule has 2 N–H and O–H groups in total. The van der Waals surface area contributed by atoms with E-state index in [0.29, 0.717) is 5.41 Å². The molecule has 0 radical (unpaired) electrons. The number of ether oxygens (including phenoxy) is 1. The van der Waals surface area contributed by atoms with Gasteiger partial charge < -0.3 is 10.5 Å². The van der Waals surface area contributed by atoms with Crippen molar-refractivity contribution in [1.29, 1.82) is 0 Å². The number of nitrogens with two attached hydrogens (primary N) is 1. The summed E-state index contributed by atoms with van der Waals surface area (Å²) in [6.45, 7) is 8.10. The molecule has 0 saturated heterocycles. The van der Waals surface area contributed by atoms with E-state index < -0.39 is 0 Å². The molecule has 2 nitrogen and oxygen atoms in total. The summed E-state index contributed by atoms with van der Waals surface area (Å²) in [6.07, 6.45) is 5.00. The Hall–Kier alpha value is -1.02. The standard InChI is InChI=1S/C17H27NO/c1-4-16(5-2)11-17(12-16,13-18)14-7-9-15(10-8-14)19-6-3/h7-10H,4-6,11-13,18H2,1-3H3. The van der Waals surface area contributed by atoms with Gasteiger partial charge in [-0.15, -0.1) is 0 Å². The molecule has 0 bridgehead atoms. The zero-order valence-corrected chi connectivity index (χ0v) is 12.5. The second-order valence-electron chi connectivity index (χ2n) is 6.00. The van der Waals surface area contributed by atoms with Crippen molar-refractivity contribution in [3.8, 4) is 5.75 Å². The number of rotatable bonds is 6. The van der Waals surface area contributed by atoms with Crippen LogP contribution >= 0.6 is 0 Å². The smallest absolute Gasteiger partial charge is 0.119 e. The zero-order chi connectivity index (χ0) is 13.9. The van der Waals surface area contributed by atoms with E-state index in [9.17, 15) is 0 Å². The first-order valence-corrected chi connectivity index (χ1v) is 7.57. The molecule has 0 heterocycles. The van der Waals surface area contributed by atoms with Crippen molar-refractivity contribution >= 4 is 0 Å². The number of hydrogen-bond acceptors (Lipinski definition) is 2. The molecule has 1 aliphatic carbocycles. The quantitative estimate of drug-likeness (QED) is 0.843. The highest BCUT2D eigenvalue weighted by molar-refractivity contribution is 5.36. The molecule has 106 valence electrons. The van der Waals surface area contributed by atoms with Crippen molar-refractivity contribution in [3.63, 3.8) is 0 Å². The summed E-state index contributed by atoms with van der Waals surface area (Å²) < 4.78 is 5.51. The van der Waals surface area contributed by atoms with Crippen LogP contribution in [0.25, 0.3) is 0 Å². The number of hydrogen-bond donors (Lipinski definition) is 1. The van der Waals surface area contributed by atoms with Crippen LogP contribution in [0.5, 0.6) is 5.75 Å². The Balaban J connectivity index is 2.15. The summed E-state index contributed by atoms with van der Waals surface area (Å²) >= 11 is 0. The van der Waals surface area contributed by atoms with Crippen molar-refractivity contribution in [2.45, 2.75) is 51.9 Å². The third-order valence-electron chi connectivity index (χ3n) is 5.10. The van der Waals surface area contributed by atoms with Crippen LogP contribution in [0.2, 0.25) is 0 Å². The Morgan fingerprint density at radius 2 is 1.63 bits per heavy atom. The fraction of sp³-hybridized carbons (Fsp3) is 0.647. The third kappa shape index (κ3) is 2.51. The van der Waals surface area contributed by atoms with E-state index in [2.05, 4.69) is 38.1 Å². The van der Waals surface area contributed by atoms with Crippen molar-refractivity contribution < 1.29 is 4.74 Å². The molecule has 1 aromatic rings. The minimum Gasteiger partial charge on any atom is -0.494 e. The van der Waals surface area contributed by atoms with E-state index in [1.807, 2.05) is 6.92 Å². The highest BCUT2D eigenvalue weighted by atomic mass is 16.5. The lowest BCUT2D eigenvalue weighted by atomic mass is 9.48. The maximum atomic E-state index is 6.10. The van der Waals surface area contributed by atoms with E-state index in [1.165, 1.54) is 31.2 Å². The lowest BCUT2D eigenvalue weighted by molar-refractivity contribution is 0.0182. The molecule has 0 aliphatic heterocycles. The Bertz CT molecular complexity index is 398. The van der Waals surface area contributed by atoms with Gasteiger partial charge >= 0.3 is 0 Å². The van der Waals surface area contributed by atoms with Crippen LogP contribution in [0.15, 0.2) is 24.3 Å². The monoisotopic (exact) mass is 261 g/mol. The highest BCUT2D eigenvalue weighted by Gasteiger charge is 2.52. The van der Waals surface area contributed by atoms with E-state index >= 15 is 0 Å². The van der Waals surface area contributed by atoms with E-state index in [4.69, 9.17) is 10.5 Å². The lowest BCUT2D eigenvalue weighted by Gasteiger charge is -2.56. The van der Waals surface area contributed by atoms with Gasteiger partial charge in [0.15, 0.2) is 0 Å². The molecular formula is C17H27NO. The fourth-order valence-electron chi connectivity index (χ4n) is 3.67. The van der Waals surface area contributed by atoms with Crippen LogP contribution in [0.4, 0.5) is 0 Å². The highest BCUT2D eigenvalue weighted by Crippen LogP contribution is 2.58. The SMILES string of the molecule is CCOc1ccc(C2(CN)CC(CC)(CC)C2)cc1. The van der Waals surface area contributed by atoms with Gasteiger partial charge in [-0.3, -0.25) is 0 Å². The summed E-state index contributed by atoms with van der Waals surface area (Å²) in [5, 5.41) is 0. The summed E-state index contributed by atoms with van der Waals surface area (Å²) in [4.78, 5) is 0. The predicted molar refractivity (Wildman–Crippen MR) is 80.6 cm³/mol. The summed E-state index contributed by atoms with van der Waals surface area (Å²) in [6, 6.07) is 8.56. The second-order valence-corrected chi connectivity index (χ2v) is 6.00. The van der Waals surface area contributed by atoms with Gasteiger partial charge in [0.1, 0.15) is 5.75 Å². The van der Waals surface area contributed by atoms with Crippen molar-refractivity contribution in [2.75, 3.05) is 13.2 Å². The molecule has 1 aliphatic rings. The van der Waals surface area contributed by atoms with Crippen LogP contribution in [0, 0.1) is 5.41 Å². The largest absolute Gasteiger partial charge is 0.494 e. The average molecular weight is 261 g/mol.